The van der Waals surface area contributed by atoms with Crippen LogP contribution in [0.5, 0.6) is 0 Å². The molecule has 0 aromatic carbocycles. The first-order valence-corrected chi connectivity index (χ1v) is 6.37. The maximum absolute atomic E-state index is 3.47. The highest BCUT2D eigenvalue weighted by Crippen LogP contribution is 2.26. The van der Waals surface area contributed by atoms with Crippen molar-refractivity contribution in [2.45, 2.75) is 52.6 Å². The fraction of sp³-hybridized carbons (Fsp3) is 0.667. The summed E-state index contributed by atoms with van der Waals surface area (Å²) in [6, 6.07) is 0.569. The second-order valence-corrected chi connectivity index (χ2v) is 4.94. The molecule has 0 fully saturated rings. The van der Waals surface area contributed by atoms with Crippen molar-refractivity contribution < 1.29 is 0 Å². The smallest absolute Gasteiger partial charge is 0.0218 e. The van der Waals surface area contributed by atoms with Gasteiger partial charge in [0.1, 0.15) is 0 Å². The Balaban J connectivity index is 2.62. The summed E-state index contributed by atoms with van der Waals surface area (Å²) in [5.74, 6) is 0.699. The van der Waals surface area contributed by atoms with Crippen molar-refractivity contribution in [3.8, 4) is 0 Å². The summed E-state index contributed by atoms with van der Waals surface area (Å²) >= 11 is 1.82. The molecule has 1 N–H and O–H groups in total. The first kappa shape index (κ1) is 11.7. The van der Waals surface area contributed by atoms with E-state index in [-0.39, 0.29) is 0 Å². The van der Waals surface area contributed by atoms with Gasteiger partial charge in [-0.2, -0.15) is 11.3 Å². The number of thiophene rings is 1. The van der Waals surface area contributed by atoms with Crippen molar-refractivity contribution in [3.05, 3.63) is 21.9 Å². The highest BCUT2D eigenvalue weighted by atomic mass is 32.1. The summed E-state index contributed by atoms with van der Waals surface area (Å²) in [7, 11) is 0. The second kappa shape index (κ2) is 5.52. The molecule has 14 heavy (non-hydrogen) atoms. The van der Waals surface area contributed by atoms with Gasteiger partial charge in [-0.05, 0) is 34.2 Å². The Kier molecular flexibility index (Phi) is 4.63. The maximum atomic E-state index is 3.47. The molecule has 1 atom stereocenters. The zero-order chi connectivity index (χ0) is 10.6. The number of hydrogen-bond acceptors (Lipinski definition) is 2. The quantitative estimate of drug-likeness (QED) is 0.782. The van der Waals surface area contributed by atoms with Crippen molar-refractivity contribution in [2.24, 2.45) is 0 Å². The summed E-state index contributed by atoms with van der Waals surface area (Å²) < 4.78 is 0. The van der Waals surface area contributed by atoms with Crippen LogP contribution in [0.3, 0.4) is 0 Å². The number of nitrogens with one attached hydrogen (secondary N) is 1. The molecule has 1 nitrogen and oxygen atoms in total. The summed E-state index contributed by atoms with van der Waals surface area (Å²) in [5, 5.41) is 8.05. The lowest BCUT2D eigenvalue weighted by Crippen LogP contribution is -2.22. The monoisotopic (exact) mass is 211 g/mol. The van der Waals surface area contributed by atoms with Crippen LogP contribution in [0.1, 0.15) is 51.2 Å². The Morgan fingerprint density at radius 2 is 2.00 bits per heavy atom. The van der Waals surface area contributed by atoms with Gasteiger partial charge in [0, 0.05) is 12.6 Å². The van der Waals surface area contributed by atoms with Crippen molar-refractivity contribution in [3.63, 3.8) is 0 Å². The Morgan fingerprint density at radius 1 is 1.29 bits per heavy atom. The fourth-order valence-electron chi connectivity index (χ4n) is 1.44. The number of rotatable bonds is 5. The molecule has 1 unspecified atom stereocenters. The molecule has 0 amide bonds. The van der Waals surface area contributed by atoms with Crippen molar-refractivity contribution in [1.29, 1.82) is 0 Å². The molecule has 1 aromatic heterocycles. The highest BCUT2D eigenvalue weighted by Gasteiger charge is 2.09. The van der Waals surface area contributed by atoms with E-state index in [2.05, 4.69) is 43.8 Å². The van der Waals surface area contributed by atoms with Gasteiger partial charge < -0.3 is 5.32 Å². The lowest BCUT2D eigenvalue weighted by Gasteiger charge is -2.12. The summed E-state index contributed by atoms with van der Waals surface area (Å²) in [6.45, 7) is 9.95. The van der Waals surface area contributed by atoms with Gasteiger partial charge in [0.15, 0.2) is 0 Å². The molecule has 1 heterocycles. The molecule has 0 saturated heterocycles. The van der Waals surface area contributed by atoms with Crippen LogP contribution in [-0.2, 0) is 6.54 Å². The Hall–Kier alpha value is -0.340. The summed E-state index contributed by atoms with van der Waals surface area (Å²) in [6.07, 6.45) is 1.23. The first-order chi connectivity index (χ1) is 6.65. The predicted octanol–water partition coefficient (Wildman–Crippen LogP) is 3.76. The van der Waals surface area contributed by atoms with Crippen molar-refractivity contribution in [2.75, 3.05) is 0 Å². The van der Waals surface area contributed by atoms with Gasteiger partial charge in [0.25, 0.3) is 0 Å². The minimum atomic E-state index is 0.569. The lowest BCUT2D eigenvalue weighted by molar-refractivity contribution is 0.583. The molecular weight excluding hydrogens is 190 g/mol. The van der Waals surface area contributed by atoms with E-state index in [0.29, 0.717) is 12.0 Å². The summed E-state index contributed by atoms with van der Waals surface area (Å²) in [4.78, 5) is 0. The molecule has 1 rings (SSSR count). The zero-order valence-electron chi connectivity index (χ0n) is 9.63. The van der Waals surface area contributed by atoms with Gasteiger partial charge in [0.05, 0.1) is 0 Å². The van der Waals surface area contributed by atoms with E-state index < -0.39 is 0 Å². The van der Waals surface area contributed by atoms with E-state index in [0.717, 1.165) is 6.54 Å². The van der Waals surface area contributed by atoms with Crippen LogP contribution in [0.2, 0.25) is 0 Å². The van der Waals surface area contributed by atoms with Gasteiger partial charge in [-0.15, -0.1) is 0 Å². The predicted molar refractivity (Wildman–Crippen MR) is 65.0 cm³/mol. The molecule has 80 valence electrons. The third-order valence-corrected chi connectivity index (χ3v) is 3.43. The minimum absolute atomic E-state index is 0.569. The number of hydrogen-bond donors (Lipinski definition) is 1. The van der Waals surface area contributed by atoms with Gasteiger partial charge in [0.2, 0.25) is 0 Å². The topological polar surface area (TPSA) is 12.0 Å². The van der Waals surface area contributed by atoms with E-state index in [1.54, 1.807) is 0 Å². The molecule has 0 spiro atoms. The lowest BCUT2D eigenvalue weighted by atomic mass is 9.98. The van der Waals surface area contributed by atoms with Crippen LogP contribution in [0.4, 0.5) is 0 Å². The standard InChI is InChI=1S/C12H21NS/c1-5-10(4)12-8-14-7-11(12)6-13-9(2)3/h7-10,13H,5-6H2,1-4H3. The van der Waals surface area contributed by atoms with E-state index in [9.17, 15) is 0 Å². The van der Waals surface area contributed by atoms with Crippen molar-refractivity contribution in [1.82, 2.24) is 5.32 Å². The van der Waals surface area contributed by atoms with Crippen LogP contribution >= 0.6 is 11.3 Å². The SMILES string of the molecule is CCC(C)c1cscc1CNC(C)C. The van der Waals surface area contributed by atoms with E-state index >= 15 is 0 Å². The highest BCUT2D eigenvalue weighted by molar-refractivity contribution is 7.08. The molecule has 0 aliphatic rings. The molecule has 0 aliphatic carbocycles. The van der Waals surface area contributed by atoms with E-state index in [4.69, 9.17) is 0 Å². The maximum Gasteiger partial charge on any atom is 0.0218 e. The minimum Gasteiger partial charge on any atom is -0.310 e. The largest absolute Gasteiger partial charge is 0.310 e. The third-order valence-electron chi connectivity index (χ3n) is 2.62. The van der Waals surface area contributed by atoms with Gasteiger partial charge >= 0.3 is 0 Å². The van der Waals surface area contributed by atoms with Crippen LogP contribution in [0.25, 0.3) is 0 Å². The van der Waals surface area contributed by atoms with Crippen molar-refractivity contribution >= 4 is 11.3 Å². The Bertz CT molecular complexity index is 265. The van der Waals surface area contributed by atoms with Gasteiger partial charge in [-0.25, -0.2) is 0 Å². The van der Waals surface area contributed by atoms with Crippen LogP contribution < -0.4 is 5.32 Å². The molecule has 0 radical (unpaired) electrons. The Labute approximate surface area is 91.5 Å². The molecule has 0 aliphatic heterocycles. The molecular formula is C12H21NS. The molecule has 0 saturated carbocycles. The van der Waals surface area contributed by atoms with E-state index in [1.807, 2.05) is 11.3 Å². The van der Waals surface area contributed by atoms with Gasteiger partial charge in [-0.3, -0.25) is 0 Å². The van der Waals surface area contributed by atoms with Gasteiger partial charge in [-0.1, -0.05) is 27.7 Å². The van der Waals surface area contributed by atoms with Crippen LogP contribution in [0.15, 0.2) is 10.8 Å². The third kappa shape index (κ3) is 3.10. The summed E-state index contributed by atoms with van der Waals surface area (Å²) in [5.41, 5.74) is 3.02. The normalized spacial score (nSPS) is 13.5. The average molecular weight is 211 g/mol. The molecule has 0 bridgehead atoms. The zero-order valence-corrected chi connectivity index (χ0v) is 10.4. The first-order valence-electron chi connectivity index (χ1n) is 5.43. The molecule has 1 aromatic rings. The Morgan fingerprint density at radius 3 is 2.57 bits per heavy atom. The molecule has 2 heteroatoms. The second-order valence-electron chi connectivity index (χ2n) is 4.20. The van der Waals surface area contributed by atoms with Crippen LogP contribution in [-0.4, -0.2) is 6.04 Å². The van der Waals surface area contributed by atoms with E-state index in [1.165, 1.54) is 17.5 Å². The van der Waals surface area contributed by atoms with Crippen LogP contribution in [0, 0.1) is 0 Å². The fourth-order valence-corrected chi connectivity index (χ4v) is 2.43. The average Bonchev–Trinajstić information content (AvgIpc) is 2.61.